The van der Waals surface area contributed by atoms with E-state index in [0.29, 0.717) is 66.5 Å². The summed E-state index contributed by atoms with van der Waals surface area (Å²) in [7, 11) is 0. The molecule has 1 saturated heterocycles. The largest absolute Gasteiger partial charge is 0.492 e. The van der Waals surface area contributed by atoms with Crippen molar-refractivity contribution < 1.29 is 24.7 Å². The molecule has 12 heteroatoms. The van der Waals surface area contributed by atoms with Crippen molar-refractivity contribution in [3.05, 3.63) is 71.8 Å². The van der Waals surface area contributed by atoms with Gasteiger partial charge < -0.3 is 14.4 Å². The predicted octanol–water partition coefficient (Wildman–Crippen LogP) is 4.81. The molecule has 1 atom stereocenters. The third-order valence-corrected chi connectivity index (χ3v) is 7.33. The Labute approximate surface area is 243 Å². The van der Waals surface area contributed by atoms with Crippen molar-refractivity contribution in [2.24, 2.45) is 4.99 Å². The summed E-state index contributed by atoms with van der Waals surface area (Å²) in [6.45, 7) is 6.85. The number of para-hydroxylation sites is 2. The number of hydrazine groups is 1. The zero-order valence-corrected chi connectivity index (χ0v) is 23.7. The summed E-state index contributed by atoms with van der Waals surface area (Å²) in [6.07, 6.45) is 0. The lowest BCUT2D eigenvalue weighted by Crippen LogP contribution is -2.57. The summed E-state index contributed by atoms with van der Waals surface area (Å²) in [4.78, 5) is 21.9. The van der Waals surface area contributed by atoms with Crippen LogP contribution in [0.3, 0.4) is 0 Å². The molecule has 3 N–H and O–H groups in total. The van der Waals surface area contributed by atoms with Crippen molar-refractivity contribution in [3.8, 4) is 11.5 Å². The van der Waals surface area contributed by atoms with Crippen LogP contribution in [0.2, 0.25) is 5.02 Å². The molecule has 3 aromatic rings. The van der Waals surface area contributed by atoms with E-state index in [1.54, 1.807) is 47.4 Å². The molecule has 1 amide bonds. The highest BCUT2D eigenvalue weighted by Gasteiger charge is 2.33. The molecular formula is C29H33ClN6O5. The fourth-order valence-corrected chi connectivity index (χ4v) is 4.98. The van der Waals surface area contributed by atoms with Crippen molar-refractivity contribution in [2.75, 3.05) is 55.1 Å². The summed E-state index contributed by atoms with van der Waals surface area (Å²) in [5, 5.41) is 21.7. The number of benzene rings is 3. The first-order valence-electron chi connectivity index (χ1n) is 13.4. The average Bonchev–Trinajstić information content (AvgIpc) is 3.00. The highest BCUT2D eigenvalue weighted by molar-refractivity contribution is 6.30. The van der Waals surface area contributed by atoms with Crippen LogP contribution in [-0.4, -0.2) is 77.4 Å². The van der Waals surface area contributed by atoms with E-state index in [2.05, 4.69) is 17.2 Å². The van der Waals surface area contributed by atoms with Crippen LogP contribution in [0.15, 0.2) is 71.7 Å². The number of carbonyl (C=O) groups excluding carboxylic acids is 1. The Balaban J connectivity index is 1.33. The van der Waals surface area contributed by atoms with Crippen molar-refractivity contribution >= 4 is 46.1 Å². The Bertz CT molecular complexity index is 1390. The van der Waals surface area contributed by atoms with Crippen molar-refractivity contribution in [1.82, 2.24) is 9.80 Å². The second-order valence-electron chi connectivity index (χ2n) is 9.64. The topological polar surface area (TPSA) is 113 Å². The number of ether oxygens (including phenoxy) is 2. The molecule has 3 aromatic carbocycles. The van der Waals surface area contributed by atoms with Gasteiger partial charge in [-0.1, -0.05) is 23.7 Å². The zero-order chi connectivity index (χ0) is 28.9. The number of hydrogen-bond acceptors (Lipinski definition) is 10. The molecule has 5 rings (SSSR count). The highest BCUT2D eigenvalue weighted by atomic mass is 35.5. The van der Waals surface area contributed by atoms with E-state index in [-0.39, 0.29) is 29.5 Å². The van der Waals surface area contributed by atoms with Crippen molar-refractivity contribution in [3.63, 3.8) is 0 Å². The number of aliphatic imine (C=N–C) groups is 1. The second-order valence-corrected chi connectivity index (χ2v) is 10.1. The number of anilines is 3. The number of nitrogens with zero attached hydrogens (tertiary/aromatic N) is 5. The van der Waals surface area contributed by atoms with Crippen LogP contribution in [0.1, 0.15) is 13.8 Å². The van der Waals surface area contributed by atoms with Crippen LogP contribution in [0, 0.1) is 0 Å². The fourth-order valence-electron chi connectivity index (χ4n) is 4.86. The number of nitrogens with one attached hydrogen (secondary N) is 1. The Morgan fingerprint density at radius 3 is 2.49 bits per heavy atom. The Morgan fingerprint density at radius 1 is 1.05 bits per heavy atom. The summed E-state index contributed by atoms with van der Waals surface area (Å²) in [5.41, 5.74) is 5.70. The van der Waals surface area contributed by atoms with Gasteiger partial charge in [0.1, 0.15) is 23.0 Å². The third-order valence-electron chi connectivity index (χ3n) is 7.08. The molecule has 2 aliphatic heterocycles. The van der Waals surface area contributed by atoms with Gasteiger partial charge in [-0.05, 0) is 68.4 Å². The zero-order valence-electron chi connectivity index (χ0n) is 22.9. The molecule has 2 heterocycles. The molecule has 1 unspecified atom stereocenters. The van der Waals surface area contributed by atoms with Gasteiger partial charge >= 0.3 is 0 Å². The van der Waals surface area contributed by atoms with Crippen LogP contribution < -0.4 is 25.1 Å². The maximum atomic E-state index is 12.8. The van der Waals surface area contributed by atoms with Gasteiger partial charge in [-0.2, -0.15) is 0 Å². The molecule has 1 fully saturated rings. The third kappa shape index (κ3) is 6.49. The molecule has 0 aromatic heterocycles. The highest BCUT2D eigenvalue weighted by Crippen LogP contribution is 2.38. The molecular weight excluding hydrogens is 548 g/mol. The number of amides is 1. The summed E-state index contributed by atoms with van der Waals surface area (Å²) in [6, 6.07) is 19.4. The lowest BCUT2D eigenvalue weighted by atomic mass is 10.1. The Morgan fingerprint density at radius 2 is 1.78 bits per heavy atom. The second kappa shape index (κ2) is 12.6. The van der Waals surface area contributed by atoms with E-state index in [1.165, 1.54) is 0 Å². The van der Waals surface area contributed by atoms with Gasteiger partial charge in [0, 0.05) is 31.2 Å². The number of hydrogen-bond donors (Lipinski definition) is 3. The molecule has 0 radical (unpaired) electrons. The minimum Gasteiger partial charge on any atom is -0.492 e. The van der Waals surface area contributed by atoms with Crippen LogP contribution in [0.5, 0.6) is 11.5 Å². The number of piperazine rings is 1. The molecule has 0 saturated carbocycles. The lowest BCUT2D eigenvalue weighted by molar-refractivity contribution is -0.135. The van der Waals surface area contributed by atoms with E-state index in [4.69, 9.17) is 26.1 Å². The predicted molar refractivity (Wildman–Crippen MR) is 158 cm³/mol. The summed E-state index contributed by atoms with van der Waals surface area (Å²) < 4.78 is 11.6. The van der Waals surface area contributed by atoms with Gasteiger partial charge in [0.2, 0.25) is 0 Å². The van der Waals surface area contributed by atoms with Crippen LogP contribution in [-0.2, 0) is 4.79 Å². The molecule has 11 nitrogen and oxygen atoms in total. The average molecular weight is 581 g/mol. The normalized spacial score (nSPS) is 15.9. The number of amidine groups is 1. The van der Waals surface area contributed by atoms with E-state index in [1.807, 2.05) is 36.2 Å². The van der Waals surface area contributed by atoms with Crippen LogP contribution >= 0.6 is 11.6 Å². The number of halogens is 1. The quantitative estimate of drug-likeness (QED) is 0.307. The van der Waals surface area contributed by atoms with Crippen LogP contribution in [0.25, 0.3) is 0 Å². The van der Waals surface area contributed by atoms with E-state index >= 15 is 0 Å². The van der Waals surface area contributed by atoms with E-state index in [0.717, 1.165) is 5.69 Å². The standard InChI is InChI=1S/C29H33ClN6O5/c1-3-40-27-7-5-4-6-26(27)35-29(31-25-18-22(36(38)39)10-13-24(25)32-35)20(2)33-14-16-34(17-15-33)28(37)19-41-23-11-8-21(30)9-12-23/h4-13,18,20,32,38-39H,3,14-17,19H2,1-2H3. The molecule has 2 aliphatic rings. The molecule has 41 heavy (non-hydrogen) atoms. The summed E-state index contributed by atoms with van der Waals surface area (Å²) in [5.74, 6) is 1.93. The molecule has 0 aliphatic carbocycles. The maximum absolute atomic E-state index is 12.8. The van der Waals surface area contributed by atoms with Gasteiger partial charge in [0.05, 0.1) is 29.7 Å². The van der Waals surface area contributed by atoms with E-state index in [9.17, 15) is 15.2 Å². The monoisotopic (exact) mass is 580 g/mol. The van der Waals surface area contributed by atoms with Crippen molar-refractivity contribution in [2.45, 2.75) is 19.9 Å². The first-order valence-corrected chi connectivity index (χ1v) is 13.8. The fraction of sp³-hybridized carbons (Fsp3) is 0.310. The minimum atomic E-state index is -0.157. The van der Waals surface area contributed by atoms with Gasteiger partial charge in [-0.25, -0.2) is 10.0 Å². The summed E-state index contributed by atoms with van der Waals surface area (Å²) >= 11 is 5.92. The first-order chi connectivity index (χ1) is 19.8. The maximum Gasteiger partial charge on any atom is 0.260 e. The number of rotatable bonds is 9. The van der Waals surface area contributed by atoms with Gasteiger partial charge in [0.15, 0.2) is 6.61 Å². The van der Waals surface area contributed by atoms with Gasteiger partial charge in [-0.15, -0.1) is 5.23 Å². The van der Waals surface area contributed by atoms with E-state index < -0.39 is 0 Å². The molecule has 0 bridgehead atoms. The number of carbonyl (C=O) groups is 1. The SMILES string of the molecule is CCOc1ccccc1N1Nc2ccc(N(O)O)cc2N=C1C(C)N1CCN(C(=O)COc2ccc(Cl)cc2)CC1. The minimum absolute atomic E-state index is 0.0400. The Kier molecular flexibility index (Phi) is 8.79. The number of fused-ring (bicyclic) bond motifs is 1. The van der Waals surface area contributed by atoms with Gasteiger partial charge in [-0.3, -0.25) is 25.5 Å². The van der Waals surface area contributed by atoms with Crippen molar-refractivity contribution in [1.29, 1.82) is 0 Å². The molecule has 216 valence electrons. The smallest absolute Gasteiger partial charge is 0.260 e. The Hall–Kier alpha value is -4.03. The lowest BCUT2D eigenvalue weighted by Gasteiger charge is -2.42. The molecule has 0 spiro atoms. The van der Waals surface area contributed by atoms with Crippen LogP contribution in [0.4, 0.5) is 22.7 Å². The first kappa shape index (κ1) is 28.5. The van der Waals surface area contributed by atoms with Gasteiger partial charge in [0.25, 0.3) is 5.91 Å².